The van der Waals surface area contributed by atoms with Crippen LogP contribution in [0.4, 0.5) is 0 Å². The van der Waals surface area contributed by atoms with Crippen molar-refractivity contribution < 1.29 is 4.79 Å². The average Bonchev–Trinajstić information content (AvgIpc) is 2.36. The standard InChI is InChI=1S/C16H31N3O/c1-5-14(4)18-8-6-17(7-9-18)12-16(20)19-10-15(11-19)13(2)3/h13-15H,5-12H2,1-4H3. The van der Waals surface area contributed by atoms with Crippen LogP contribution in [0.1, 0.15) is 34.1 Å². The molecule has 0 aromatic carbocycles. The van der Waals surface area contributed by atoms with Gasteiger partial charge in [0, 0.05) is 45.3 Å². The summed E-state index contributed by atoms with van der Waals surface area (Å²) in [5, 5.41) is 0. The normalized spacial score (nSPS) is 23.9. The van der Waals surface area contributed by atoms with Crippen molar-refractivity contribution in [3.8, 4) is 0 Å². The molecule has 4 nitrogen and oxygen atoms in total. The quantitative estimate of drug-likeness (QED) is 0.764. The lowest BCUT2D eigenvalue weighted by Gasteiger charge is -2.43. The van der Waals surface area contributed by atoms with Gasteiger partial charge in [-0.3, -0.25) is 14.6 Å². The summed E-state index contributed by atoms with van der Waals surface area (Å²) in [5.41, 5.74) is 0. The fourth-order valence-electron chi connectivity index (χ4n) is 3.05. The van der Waals surface area contributed by atoms with Crippen molar-refractivity contribution in [2.75, 3.05) is 45.8 Å². The van der Waals surface area contributed by atoms with Crippen LogP contribution in [0.3, 0.4) is 0 Å². The zero-order valence-corrected chi connectivity index (χ0v) is 13.6. The molecule has 0 spiro atoms. The summed E-state index contributed by atoms with van der Waals surface area (Å²) >= 11 is 0. The van der Waals surface area contributed by atoms with Crippen LogP contribution < -0.4 is 0 Å². The topological polar surface area (TPSA) is 26.8 Å². The van der Waals surface area contributed by atoms with Gasteiger partial charge in [-0.1, -0.05) is 20.8 Å². The minimum Gasteiger partial charge on any atom is -0.341 e. The van der Waals surface area contributed by atoms with E-state index in [2.05, 4.69) is 37.5 Å². The van der Waals surface area contributed by atoms with E-state index in [0.717, 1.165) is 45.2 Å². The molecule has 0 saturated carbocycles. The van der Waals surface area contributed by atoms with Gasteiger partial charge in [-0.25, -0.2) is 0 Å². The van der Waals surface area contributed by atoms with Crippen molar-refractivity contribution in [1.82, 2.24) is 14.7 Å². The van der Waals surface area contributed by atoms with Crippen molar-refractivity contribution in [1.29, 1.82) is 0 Å². The Bertz CT molecular complexity index is 318. The molecule has 2 aliphatic rings. The molecule has 2 heterocycles. The predicted octanol–water partition coefficient (Wildman–Crippen LogP) is 1.52. The van der Waals surface area contributed by atoms with Crippen LogP contribution in [0.2, 0.25) is 0 Å². The van der Waals surface area contributed by atoms with Crippen molar-refractivity contribution >= 4 is 5.91 Å². The maximum atomic E-state index is 12.2. The van der Waals surface area contributed by atoms with Crippen LogP contribution in [0.5, 0.6) is 0 Å². The van der Waals surface area contributed by atoms with Gasteiger partial charge in [0.2, 0.25) is 5.91 Å². The molecule has 0 radical (unpaired) electrons. The third-order valence-electron chi connectivity index (χ3n) is 5.19. The SMILES string of the molecule is CCC(C)N1CCN(CC(=O)N2CC(C(C)C)C2)CC1. The number of amides is 1. The molecule has 0 aromatic heterocycles. The van der Waals surface area contributed by atoms with Crippen molar-refractivity contribution in [2.45, 2.75) is 40.2 Å². The molecule has 2 rings (SSSR count). The molecular formula is C16H31N3O. The number of likely N-dealkylation sites (tertiary alicyclic amines) is 1. The Morgan fingerprint density at radius 2 is 1.70 bits per heavy atom. The van der Waals surface area contributed by atoms with Gasteiger partial charge in [0.15, 0.2) is 0 Å². The van der Waals surface area contributed by atoms with Gasteiger partial charge in [-0.05, 0) is 25.2 Å². The summed E-state index contributed by atoms with van der Waals surface area (Å²) in [4.78, 5) is 19.1. The van der Waals surface area contributed by atoms with E-state index in [1.807, 2.05) is 4.90 Å². The molecule has 1 amide bonds. The molecule has 0 bridgehead atoms. The predicted molar refractivity (Wildman–Crippen MR) is 82.7 cm³/mol. The van der Waals surface area contributed by atoms with Crippen LogP contribution in [0.25, 0.3) is 0 Å². The molecule has 20 heavy (non-hydrogen) atoms. The fourth-order valence-corrected chi connectivity index (χ4v) is 3.05. The molecule has 2 fully saturated rings. The lowest BCUT2D eigenvalue weighted by atomic mass is 9.88. The first kappa shape index (κ1) is 15.8. The molecule has 2 saturated heterocycles. The summed E-state index contributed by atoms with van der Waals surface area (Å²) in [7, 11) is 0. The Hall–Kier alpha value is -0.610. The highest BCUT2D eigenvalue weighted by Crippen LogP contribution is 2.23. The van der Waals surface area contributed by atoms with Gasteiger partial charge in [-0.2, -0.15) is 0 Å². The smallest absolute Gasteiger partial charge is 0.236 e. The molecule has 0 aliphatic carbocycles. The highest BCUT2D eigenvalue weighted by molar-refractivity contribution is 5.79. The number of nitrogens with zero attached hydrogens (tertiary/aromatic N) is 3. The monoisotopic (exact) mass is 281 g/mol. The Balaban J connectivity index is 1.67. The maximum Gasteiger partial charge on any atom is 0.236 e. The number of piperazine rings is 1. The third kappa shape index (κ3) is 3.73. The molecular weight excluding hydrogens is 250 g/mol. The van der Waals surface area contributed by atoms with Crippen LogP contribution in [-0.2, 0) is 4.79 Å². The van der Waals surface area contributed by atoms with Crippen LogP contribution >= 0.6 is 0 Å². The first-order valence-electron chi connectivity index (χ1n) is 8.25. The molecule has 116 valence electrons. The second-order valence-corrected chi connectivity index (χ2v) is 6.87. The van der Waals surface area contributed by atoms with Crippen molar-refractivity contribution in [2.24, 2.45) is 11.8 Å². The lowest BCUT2D eigenvalue weighted by molar-refractivity contribution is -0.140. The fraction of sp³-hybridized carbons (Fsp3) is 0.938. The van der Waals surface area contributed by atoms with Gasteiger partial charge in [0.05, 0.1) is 6.54 Å². The number of carbonyl (C=O) groups excluding carboxylic acids is 1. The average molecular weight is 281 g/mol. The first-order valence-corrected chi connectivity index (χ1v) is 8.25. The lowest BCUT2D eigenvalue weighted by Crippen LogP contribution is -2.56. The van der Waals surface area contributed by atoms with Crippen LogP contribution in [0, 0.1) is 11.8 Å². The molecule has 4 heteroatoms. The molecule has 0 N–H and O–H groups in total. The zero-order valence-electron chi connectivity index (χ0n) is 13.6. The summed E-state index contributed by atoms with van der Waals surface area (Å²) < 4.78 is 0. The van der Waals surface area contributed by atoms with E-state index in [1.54, 1.807) is 0 Å². The van der Waals surface area contributed by atoms with Crippen LogP contribution in [0.15, 0.2) is 0 Å². The summed E-state index contributed by atoms with van der Waals surface area (Å²) in [6.07, 6.45) is 1.21. The highest BCUT2D eigenvalue weighted by atomic mass is 16.2. The summed E-state index contributed by atoms with van der Waals surface area (Å²) in [5.74, 6) is 1.76. The number of hydrogen-bond acceptors (Lipinski definition) is 3. The van der Waals surface area contributed by atoms with Crippen molar-refractivity contribution in [3.63, 3.8) is 0 Å². The first-order chi connectivity index (χ1) is 9.51. The largest absolute Gasteiger partial charge is 0.341 e. The Morgan fingerprint density at radius 3 is 2.20 bits per heavy atom. The Labute approximate surface area is 124 Å². The number of hydrogen-bond donors (Lipinski definition) is 0. The summed E-state index contributed by atoms with van der Waals surface area (Å²) in [6, 6.07) is 0.676. The second-order valence-electron chi connectivity index (χ2n) is 6.87. The van der Waals surface area contributed by atoms with E-state index in [4.69, 9.17) is 0 Å². The van der Waals surface area contributed by atoms with Gasteiger partial charge >= 0.3 is 0 Å². The number of rotatable bonds is 5. The maximum absolute atomic E-state index is 12.2. The van der Waals surface area contributed by atoms with E-state index in [9.17, 15) is 4.79 Å². The van der Waals surface area contributed by atoms with E-state index in [-0.39, 0.29) is 0 Å². The van der Waals surface area contributed by atoms with Gasteiger partial charge < -0.3 is 4.90 Å². The molecule has 1 unspecified atom stereocenters. The Kier molecular flexibility index (Phi) is 5.44. The minimum absolute atomic E-state index is 0.332. The van der Waals surface area contributed by atoms with E-state index < -0.39 is 0 Å². The van der Waals surface area contributed by atoms with E-state index >= 15 is 0 Å². The molecule has 0 aromatic rings. The van der Waals surface area contributed by atoms with Crippen molar-refractivity contribution in [3.05, 3.63) is 0 Å². The molecule has 2 aliphatic heterocycles. The zero-order chi connectivity index (χ0) is 14.7. The molecule has 1 atom stereocenters. The van der Waals surface area contributed by atoms with E-state index in [1.165, 1.54) is 6.42 Å². The van der Waals surface area contributed by atoms with Gasteiger partial charge in [0.1, 0.15) is 0 Å². The minimum atomic E-state index is 0.332. The number of carbonyl (C=O) groups is 1. The second kappa shape index (κ2) is 6.90. The van der Waals surface area contributed by atoms with Gasteiger partial charge in [0.25, 0.3) is 0 Å². The summed E-state index contributed by atoms with van der Waals surface area (Å²) in [6.45, 7) is 15.9. The van der Waals surface area contributed by atoms with Gasteiger partial charge in [-0.15, -0.1) is 0 Å². The third-order valence-corrected chi connectivity index (χ3v) is 5.19. The highest BCUT2D eigenvalue weighted by Gasteiger charge is 2.33. The van der Waals surface area contributed by atoms with E-state index in [0.29, 0.717) is 24.4 Å². The Morgan fingerprint density at radius 1 is 1.10 bits per heavy atom. The van der Waals surface area contributed by atoms with Crippen LogP contribution in [-0.4, -0.2) is 72.5 Å².